The average molecular weight is 565 g/mol. The van der Waals surface area contributed by atoms with E-state index in [1.807, 2.05) is 41.5 Å². The summed E-state index contributed by atoms with van der Waals surface area (Å²) < 4.78 is 5.71. The fourth-order valence-corrected chi connectivity index (χ4v) is 1.52. The van der Waals surface area contributed by atoms with Gasteiger partial charge in [-0.2, -0.15) is 0 Å². The molecule has 0 aromatic heterocycles. The molecule has 0 aliphatic rings. The van der Waals surface area contributed by atoms with Gasteiger partial charge in [-0.25, -0.2) is 0 Å². The zero-order chi connectivity index (χ0) is 23.0. The molecule has 7 heteroatoms. The summed E-state index contributed by atoms with van der Waals surface area (Å²) in [5, 5.41) is 11.4. The molecule has 0 heterocycles. The molecule has 0 aromatic carbocycles. The molecule has 2 N–H and O–H groups in total. The van der Waals surface area contributed by atoms with E-state index in [2.05, 4.69) is 26.5 Å². The van der Waals surface area contributed by atoms with Crippen molar-refractivity contribution >= 4 is 20.3 Å². The number of esters is 1. The highest BCUT2D eigenvalue weighted by atomic mass is 16.5. The summed E-state index contributed by atoms with van der Waals surface area (Å²) in [7, 11) is 6.49. The number of quaternary nitrogens is 1. The summed E-state index contributed by atoms with van der Waals surface area (Å²) in [5.41, 5.74) is -0.226. The lowest BCUT2D eigenvalue weighted by molar-refractivity contribution is -0.870. The van der Waals surface area contributed by atoms with E-state index >= 15 is 0 Å². The fraction of sp³-hybridized carbons (Fsp3) is 0.935. The average Bonchev–Trinajstić information content (AvgIpc) is 2.57. The van der Waals surface area contributed by atoms with Crippen LogP contribution in [0.25, 0.3) is 0 Å². The SMILES string of the molecule is C.C.C.C.C.C.C.C.C.CCC(C)(C)C(=O)NCCC[N+](C)(C)C.CCC(C)O.CCC(C)OC(C)=O.[BH4-]. The Hall–Kier alpha value is -1.08. The van der Waals surface area contributed by atoms with E-state index in [0.29, 0.717) is 0 Å². The number of carbonyl (C=O) groups is 2. The third-order valence-corrected chi connectivity index (χ3v) is 4.32. The van der Waals surface area contributed by atoms with Gasteiger partial charge >= 0.3 is 5.97 Å². The molecular weight excluding hydrogens is 475 g/mol. The van der Waals surface area contributed by atoms with Crippen molar-refractivity contribution in [3.05, 3.63) is 0 Å². The van der Waals surface area contributed by atoms with Crippen molar-refractivity contribution < 1.29 is 23.9 Å². The van der Waals surface area contributed by atoms with Crippen molar-refractivity contribution in [2.45, 2.75) is 160 Å². The van der Waals surface area contributed by atoms with Gasteiger partial charge in [-0.1, -0.05) is 110 Å². The van der Waals surface area contributed by atoms with E-state index < -0.39 is 0 Å². The molecule has 38 heavy (non-hydrogen) atoms. The second-order valence-corrected chi connectivity index (χ2v) is 8.95. The van der Waals surface area contributed by atoms with Gasteiger partial charge in [0.15, 0.2) is 0 Å². The number of hydrogen-bond donors (Lipinski definition) is 2. The molecule has 2 unspecified atom stereocenters. The number of carbonyl (C=O) groups excluding carboxylic acids is 2. The summed E-state index contributed by atoms with van der Waals surface area (Å²) in [6.07, 6.45) is 3.63. The van der Waals surface area contributed by atoms with Crippen LogP contribution >= 0.6 is 0 Å². The highest BCUT2D eigenvalue weighted by Crippen LogP contribution is 2.19. The summed E-state index contributed by atoms with van der Waals surface area (Å²) in [6.45, 7) is 16.9. The highest BCUT2D eigenvalue weighted by Gasteiger charge is 2.24. The van der Waals surface area contributed by atoms with Gasteiger partial charge in [0.2, 0.25) is 5.91 Å². The van der Waals surface area contributed by atoms with Crippen molar-refractivity contribution in [1.29, 1.82) is 0 Å². The van der Waals surface area contributed by atoms with E-state index in [1.54, 1.807) is 6.92 Å². The minimum Gasteiger partial charge on any atom is -0.463 e. The molecule has 6 nitrogen and oxygen atoms in total. The number of nitrogens with zero attached hydrogens (tertiary/aromatic N) is 1. The minimum absolute atomic E-state index is 0. The van der Waals surface area contributed by atoms with Crippen molar-refractivity contribution in [1.82, 2.24) is 5.32 Å². The summed E-state index contributed by atoms with van der Waals surface area (Å²) in [4.78, 5) is 21.9. The lowest BCUT2D eigenvalue weighted by Crippen LogP contribution is -2.40. The maximum atomic E-state index is 11.7. The van der Waals surface area contributed by atoms with Gasteiger partial charge in [0.05, 0.1) is 39.9 Å². The third kappa shape index (κ3) is 70.2. The number of ether oxygens (including phenoxy) is 1. The fourth-order valence-electron chi connectivity index (χ4n) is 1.52. The van der Waals surface area contributed by atoms with Crippen LogP contribution in [-0.4, -0.2) is 76.3 Å². The summed E-state index contributed by atoms with van der Waals surface area (Å²) in [6, 6.07) is 0. The topological polar surface area (TPSA) is 75.6 Å². The lowest BCUT2D eigenvalue weighted by Gasteiger charge is -2.25. The van der Waals surface area contributed by atoms with Crippen LogP contribution in [-0.2, 0) is 14.3 Å². The van der Waals surface area contributed by atoms with Crippen LogP contribution in [0.4, 0.5) is 0 Å². The van der Waals surface area contributed by atoms with Crippen molar-refractivity contribution in [2.24, 2.45) is 5.41 Å². The van der Waals surface area contributed by atoms with Crippen LogP contribution < -0.4 is 5.32 Å². The number of hydrogen-bond acceptors (Lipinski definition) is 4. The number of aliphatic hydroxyl groups excluding tert-OH is 1. The van der Waals surface area contributed by atoms with E-state index in [1.165, 1.54) is 6.92 Å². The van der Waals surface area contributed by atoms with E-state index in [0.717, 1.165) is 43.3 Å². The Bertz CT molecular complexity index is 411. The van der Waals surface area contributed by atoms with Crippen LogP contribution in [0.3, 0.4) is 0 Å². The van der Waals surface area contributed by atoms with Crippen LogP contribution in [0.15, 0.2) is 0 Å². The van der Waals surface area contributed by atoms with Gasteiger partial charge in [-0.15, -0.1) is 0 Å². The molecule has 0 radical (unpaired) electrons. The Balaban J connectivity index is -0.0000000219. The smallest absolute Gasteiger partial charge is 0.302 e. The largest absolute Gasteiger partial charge is 0.463 e. The standard InChI is InChI=1S/C12H26N2O.C6H12O2.C4H10O.9CH4.BH4/c1-7-12(2,3)11(15)13-9-8-10-14(4,5)6;1-4-5(2)8-6(3)7;1-3-4(2)5;;;;;;;;;;/h7-10H2,1-6H3;5H,4H2,1-3H3;4-5H,3H2,1-2H3;10*1H4/q;;;;;;;;;;;;-1/p+1. The van der Waals surface area contributed by atoms with E-state index in [4.69, 9.17) is 9.84 Å². The monoisotopic (exact) mass is 565 g/mol. The first-order chi connectivity index (χ1) is 12.6. The molecule has 0 spiro atoms. The second kappa shape index (κ2) is 45.8. The minimum atomic E-state index is -0.226. The number of rotatable bonds is 9. The maximum absolute atomic E-state index is 11.7. The normalized spacial score (nSPS) is 9.68. The second-order valence-electron chi connectivity index (χ2n) is 8.95. The molecule has 0 fully saturated rings. The number of amides is 1. The molecule has 0 aliphatic carbocycles. The molecule has 0 bridgehead atoms. The summed E-state index contributed by atoms with van der Waals surface area (Å²) >= 11 is 0. The Labute approximate surface area is 249 Å². The first-order valence-corrected chi connectivity index (χ1v) is 10.6. The van der Waals surface area contributed by atoms with Gasteiger partial charge < -0.3 is 19.6 Å². The van der Waals surface area contributed by atoms with Gasteiger partial charge in [-0.3, -0.25) is 9.59 Å². The quantitative estimate of drug-likeness (QED) is 0.129. The van der Waals surface area contributed by atoms with Crippen molar-refractivity contribution in [2.75, 3.05) is 34.2 Å². The van der Waals surface area contributed by atoms with Gasteiger partial charge in [0, 0.05) is 25.3 Å². The molecule has 0 aromatic rings. The van der Waals surface area contributed by atoms with Gasteiger partial charge in [-0.05, 0) is 33.1 Å². The van der Waals surface area contributed by atoms with Crippen LogP contribution in [0.1, 0.15) is 148 Å². The molecule has 2 atom stereocenters. The Morgan fingerprint density at radius 2 is 1.18 bits per heavy atom. The molecular formula is C31H89BN2O4. The first-order valence-electron chi connectivity index (χ1n) is 10.6. The van der Waals surface area contributed by atoms with E-state index in [9.17, 15) is 9.59 Å². The Morgan fingerprint density at radius 1 is 0.842 bits per heavy atom. The Kier molecular flexibility index (Phi) is 100. The van der Waals surface area contributed by atoms with Crippen LogP contribution in [0, 0.1) is 5.41 Å². The summed E-state index contributed by atoms with van der Waals surface area (Å²) in [5.74, 6) is -0.0224. The zero-order valence-corrected chi connectivity index (χ0v) is 20.5. The third-order valence-electron chi connectivity index (χ3n) is 4.32. The first kappa shape index (κ1) is 83.3. The molecule has 0 rings (SSSR count). The Morgan fingerprint density at radius 3 is 1.37 bits per heavy atom. The lowest BCUT2D eigenvalue weighted by atomic mass is 9.89. The van der Waals surface area contributed by atoms with Gasteiger partial charge in [0.25, 0.3) is 0 Å². The number of aliphatic hydroxyl groups is 1. The zero-order valence-electron chi connectivity index (χ0n) is 20.5. The van der Waals surface area contributed by atoms with E-state index in [-0.39, 0.29) is 105 Å². The highest BCUT2D eigenvalue weighted by molar-refractivity contribution is 5.81. The molecule has 1 amide bonds. The van der Waals surface area contributed by atoms with Crippen LogP contribution in [0.5, 0.6) is 0 Å². The van der Waals surface area contributed by atoms with Crippen molar-refractivity contribution in [3.8, 4) is 0 Å². The molecule has 250 valence electrons. The molecule has 0 aliphatic heterocycles. The number of nitrogens with one attached hydrogen (secondary N) is 1. The predicted octanol–water partition coefficient (Wildman–Crippen LogP) is 8.03. The molecule has 0 saturated carbocycles. The van der Waals surface area contributed by atoms with Gasteiger partial charge in [0.1, 0.15) is 0 Å². The van der Waals surface area contributed by atoms with Crippen LogP contribution in [0.2, 0.25) is 0 Å². The van der Waals surface area contributed by atoms with Crippen molar-refractivity contribution in [3.63, 3.8) is 0 Å². The molecule has 0 saturated heterocycles. The maximum Gasteiger partial charge on any atom is 0.302 e. The predicted molar refractivity (Wildman–Crippen MR) is 190 cm³/mol.